The van der Waals surface area contributed by atoms with Gasteiger partial charge in [-0.3, -0.25) is 24.8 Å². The van der Waals surface area contributed by atoms with Crippen LogP contribution in [0.4, 0.5) is 14.5 Å². The molecule has 1 saturated heterocycles. The lowest BCUT2D eigenvalue weighted by molar-refractivity contribution is 0.102. The topological polar surface area (TPSA) is 86.8 Å². The molecule has 4 heterocycles. The number of amides is 1. The predicted octanol–water partition coefficient (Wildman–Crippen LogP) is 3.76. The molecule has 1 amide bonds. The van der Waals surface area contributed by atoms with Gasteiger partial charge in [-0.25, -0.2) is 8.78 Å². The number of carbonyl (C=O) groups excluding carboxylic acids is 1. The van der Waals surface area contributed by atoms with Crippen molar-refractivity contribution in [1.82, 2.24) is 25.1 Å². The molecule has 0 saturated carbocycles. The smallest absolute Gasteiger partial charge is 0.276 e. The number of nitrogens with zero attached hydrogens (tertiary/aromatic N) is 4. The minimum atomic E-state index is -0.959. The van der Waals surface area contributed by atoms with Gasteiger partial charge in [-0.2, -0.15) is 5.10 Å². The molecule has 4 aromatic rings. The van der Waals surface area contributed by atoms with E-state index in [9.17, 15) is 13.6 Å². The van der Waals surface area contributed by atoms with E-state index in [0.717, 1.165) is 48.7 Å². The Balaban J connectivity index is 1.46. The summed E-state index contributed by atoms with van der Waals surface area (Å²) in [6, 6.07) is 7.62. The Morgan fingerprint density at radius 3 is 2.55 bits per heavy atom. The molecule has 1 fully saturated rings. The molecule has 0 bridgehead atoms. The number of H-pyrrole nitrogens is 1. The fourth-order valence-electron chi connectivity index (χ4n) is 3.60. The van der Waals surface area contributed by atoms with E-state index in [0.29, 0.717) is 10.9 Å². The van der Waals surface area contributed by atoms with Gasteiger partial charge in [0, 0.05) is 29.9 Å². The number of hydrogen-bond acceptors (Lipinski definition) is 5. The van der Waals surface area contributed by atoms with Crippen LogP contribution in [0.15, 0.2) is 49.1 Å². The van der Waals surface area contributed by atoms with Crippen molar-refractivity contribution in [3.63, 3.8) is 0 Å². The molecule has 0 atom stereocenters. The molecule has 1 aliphatic heterocycles. The summed E-state index contributed by atoms with van der Waals surface area (Å²) in [5.41, 5.74) is 3.01. The van der Waals surface area contributed by atoms with Crippen LogP contribution in [0.3, 0.4) is 0 Å². The van der Waals surface area contributed by atoms with Gasteiger partial charge in [-0.15, -0.1) is 0 Å². The van der Waals surface area contributed by atoms with Crippen LogP contribution >= 0.6 is 0 Å². The fraction of sp³-hybridized carbons (Fsp3) is 0.182. The Labute approximate surface area is 176 Å². The van der Waals surface area contributed by atoms with Crippen LogP contribution in [-0.2, 0) is 6.54 Å². The van der Waals surface area contributed by atoms with Crippen LogP contribution in [0.2, 0.25) is 0 Å². The van der Waals surface area contributed by atoms with Crippen LogP contribution in [0.5, 0.6) is 0 Å². The van der Waals surface area contributed by atoms with Crippen molar-refractivity contribution < 1.29 is 13.6 Å². The third-order valence-corrected chi connectivity index (χ3v) is 5.35. The highest BCUT2D eigenvalue weighted by molar-refractivity contribution is 6.11. The van der Waals surface area contributed by atoms with Gasteiger partial charge in [0.05, 0.1) is 17.9 Å². The molecule has 2 N–H and O–H groups in total. The van der Waals surface area contributed by atoms with E-state index in [1.807, 2.05) is 24.4 Å². The van der Waals surface area contributed by atoms with E-state index in [2.05, 4.69) is 36.4 Å². The van der Waals surface area contributed by atoms with Crippen molar-refractivity contribution in [3.8, 4) is 11.1 Å². The van der Waals surface area contributed by atoms with Crippen molar-refractivity contribution in [1.29, 1.82) is 0 Å². The van der Waals surface area contributed by atoms with Gasteiger partial charge in [-0.05, 0) is 48.8 Å². The van der Waals surface area contributed by atoms with E-state index < -0.39 is 23.2 Å². The molecule has 0 spiro atoms. The lowest BCUT2D eigenvalue weighted by Gasteiger charge is -2.30. The van der Waals surface area contributed by atoms with Gasteiger partial charge in [0.25, 0.3) is 5.91 Å². The highest BCUT2D eigenvalue weighted by Gasteiger charge is 2.19. The minimum Gasteiger partial charge on any atom is -0.316 e. The average molecular weight is 420 g/mol. The summed E-state index contributed by atoms with van der Waals surface area (Å²) in [4.78, 5) is 22.8. The first-order valence-corrected chi connectivity index (χ1v) is 9.83. The SMILES string of the molecule is O=C(Nc1c(F)cncc1F)c1n[nH]c2ccc(-c3cncc(CN4CCC4)c3)cc12. The number of halogens is 2. The van der Waals surface area contributed by atoms with Crippen molar-refractivity contribution in [2.75, 3.05) is 18.4 Å². The van der Waals surface area contributed by atoms with Gasteiger partial charge in [-0.1, -0.05) is 6.07 Å². The number of nitrogens with one attached hydrogen (secondary N) is 2. The van der Waals surface area contributed by atoms with Crippen LogP contribution in [0.25, 0.3) is 22.0 Å². The molecular formula is C22H18F2N6O. The monoisotopic (exact) mass is 420 g/mol. The maximum Gasteiger partial charge on any atom is 0.276 e. The molecule has 9 heteroatoms. The number of likely N-dealkylation sites (tertiary alicyclic amines) is 1. The van der Waals surface area contributed by atoms with Crippen LogP contribution in [-0.4, -0.2) is 44.1 Å². The zero-order valence-corrected chi connectivity index (χ0v) is 16.4. The van der Waals surface area contributed by atoms with E-state index in [-0.39, 0.29) is 5.69 Å². The molecule has 1 aliphatic rings. The van der Waals surface area contributed by atoms with Crippen molar-refractivity contribution >= 4 is 22.5 Å². The van der Waals surface area contributed by atoms with Crippen LogP contribution < -0.4 is 5.32 Å². The van der Waals surface area contributed by atoms with Crippen molar-refractivity contribution in [2.24, 2.45) is 0 Å². The summed E-state index contributed by atoms with van der Waals surface area (Å²) in [7, 11) is 0. The van der Waals surface area contributed by atoms with E-state index >= 15 is 0 Å². The Bertz CT molecular complexity index is 1260. The standard InChI is InChI=1S/C22H18F2N6O/c23-17-10-26-11-18(24)21(17)27-22(31)20-16-7-14(2-3-19(16)28-29-20)15-6-13(8-25-9-15)12-30-4-1-5-30/h2-3,6-11H,1,4-5,12H2,(H,28,29)(H,26,27,31). The maximum absolute atomic E-state index is 13.9. The van der Waals surface area contributed by atoms with Gasteiger partial charge < -0.3 is 5.32 Å². The molecule has 31 heavy (non-hydrogen) atoms. The summed E-state index contributed by atoms with van der Waals surface area (Å²) >= 11 is 0. The first-order chi connectivity index (χ1) is 15.1. The lowest BCUT2D eigenvalue weighted by Crippen LogP contribution is -2.36. The Kier molecular flexibility index (Phi) is 4.87. The largest absolute Gasteiger partial charge is 0.316 e. The number of hydrogen-bond donors (Lipinski definition) is 2. The van der Waals surface area contributed by atoms with Crippen LogP contribution in [0, 0.1) is 11.6 Å². The number of aromatic amines is 1. The predicted molar refractivity (Wildman–Crippen MR) is 111 cm³/mol. The highest BCUT2D eigenvalue weighted by Crippen LogP contribution is 2.27. The van der Waals surface area contributed by atoms with Gasteiger partial charge in [0.1, 0.15) is 5.69 Å². The second-order valence-electron chi connectivity index (χ2n) is 7.48. The number of benzene rings is 1. The van der Waals surface area contributed by atoms with Crippen molar-refractivity contribution in [3.05, 3.63) is 71.9 Å². The van der Waals surface area contributed by atoms with Gasteiger partial charge in [0.2, 0.25) is 0 Å². The third-order valence-electron chi connectivity index (χ3n) is 5.35. The molecule has 3 aromatic heterocycles. The molecule has 156 valence electrons. The number of aromatic nitrogens is 4. The fourth-order valence-corrected chi connectivity index (χ4v) is 3.60. The van der Waals surface area contributed by atoms with E-state index in [1.54, 1.807) is 6.20 Å². The second kappa shape index (κ2) is 7.84. The number of pyridine rings is 2. The Morgan fingerprint density at radius 2 is 1.81 bits per heavy atom. The molecular weight excluding hydrogens is 402 g/mol. The summed E-state index contributed by atoms with van der Waals surface area (Å²) in [5, 5.41) is 9.61. The lowest BCUT2D eigenvalue weighted by atomic mass is 10.0. The van der Waals surface area contributed by atoms with Crippen molar-refractivity contribution in [2.45, 2.75) is 13.0 Å². The highest BCUT2D eigenvalue weighted by atomic mass is 19.1. The molecule has 7 nitrogen and oxygen atoms in total. The van der Waals surface area contributed by atoms with E-state index in [1.165, 1.54) is 6.42 Å². The zero-order chi connectivity index (χ0) is 21.4. The summed E-state index contributed by atoms with van der Waals surface area (Å²) < 4.78 is 27.7. The summed E-state index contributed by atoms with van der Waals surface area (Å²) in [6.07, 6.45) is 6.51. The minimum absolute atomic E-state index is 0.0390. The van der Waals surface area contributed by atoms with E-state index in [4.69, 9.17) is 0 Å². The maximum atomic E-state index is 13.9. The molecule has 0 unspecified atom stereocenters. The first kappa shape index (κ1) is 19.3. The third kappa shape index (κ3) is 3.75. The van der Waals surface area contributed by atoms with Gasteiger partial charge >= 0.3 is 0 Å². The molecule has 0 aliphatic carbocycles. The second-order valence-corrected chi connectivity index (χ2v) is 7.48. The Hall–Kier alpha value is -3.72. The summed E-state index contributed by atoms with van der Waals surface area (Å²) in [5.74, 6) is -2.64. The average Bonchev–Trinajstić information content (AvgIpc) is 3.17. The van der Waals surface area contributed by atoms with Crippen LogP contribution in [0.1, 0.15) is 22.5 Å². The molecule has 1 aromatic carbocycles. The van der Waals surface area contributed by atoms with Gasteiger partial charge in [0.15, 0.2) is 17.3 Å². The quantitative estimate of drug-likeness (QED) is 0.514. The number of fused-ring (bicyclic) bond motifs is 1. The summed E-state index contributed by atoms with van der Waals surface area (Å²) in [6.45, 7) is 3.05. The number of rotatable bonds is 5. The number of carbonyl (C=O) groups is 1. The zero-order valence-electron chi connectivity index (χ0n) is 16.4. The molecule has 0 radical (unpaired) electrons. The first-order valence-electron chi connectivity index (χ1n) is 9.83. The Morgan fingerprint density at radius 1 is 1.03 bits per heavy atom. The molecule has 5 rings (SSSR count). The number of anilines is 1. The normalized spacial score (nSPS) is 13.9.